The van der Waals surface area contributed by atoms with Crippen molar-refractivity contribution < 1.29 is 14.3 Å². The Balaban J connectivity index is 1.87. The van der Waals surface area contributed by atoms with Crippen molar-refractivity contribution in [2.24, 2.45) is 5.92 Å². The number of piperidine rings is 1. The fourth-order valence-electron chi connectivity index (χ4n) is 2.60. The van der Waals surface area contributed by atoms with E-state index in [1.54, 1.807) is 17.0 Å². The topological polar surface area (TPSA) is 40.5 Å². The van der Waals surface area contributed by atoms with Gasteiger partial charge in [-0.2, -0.15) is 0 Å². The Labute approximate surface area is 120 Å². The summed E-state index contributed by atoms with van der Waals surface area (Å²) in [7, 11) is 0. The highest BCUT2D eigenvalue weighted by Crippen LogP contribution is 2.29. The summed E-state index contributed by atoms with van der Waals surface area (Å²) in [5.41, 5.74) is 0. The minimum atomic E-state index is -0.334. The number of benzene rings is 1. The number of carbonyl (C=O) groups is 1. The maximum atomic E-state index is 13.7. The minimum Gasteiger partial charge on any atom is -0.393 e. The van der Waals surface area contributed by atoms with Crippen LogP contribution in [0.4, 0.5) is 4.39 Å². The van der Waals surface area contributed by atoms with Crippen LogP contribution in [-0.2, 0) is 0 Å². The van der Waals surface area contributed by atoms with E-state index in [-0.39, 0.29) is 23.7 Å². The molecule has 106 valence electrons. The quantitative estimate of drug-likeness (QED) is 0.878. The molecular weight excluding hydrogens is 277 g/mol. The Hall–Kier alpha value is -1.46. The summed E-state index contributed by atoms with van der Waals surface area (Å²) in [4.78, 5) is 14.8. The lowest BCUT2D eigenvalue weighted by atomic mass is 9.96. The number of fused-ring (bicyclic) bond motifs is 1. The number of aliphatic hydroxyl groups excluding tert-OH is 1. The second-order valence-electron chi connectivity index (χ2n) is 5.35. The lowest BCUT2D eigenvalue weighted by Crippen LogP contribution is -2.44. The van der Waals surface area contributed by atoms with Gasteiger partial charge in [0.25, 0.3) is 5.91 Å². The third kappa shape index (κ3) is 2.31. The summed E-state index contributed by atoms with van der Waals surface area (Å²) < 4.78 is 14.5. The molecule has 5 heteroatoms. The predicted molar refractivity (Wildman–Crippen MR) is 77.5 cm³/mol. The number of rotatable bonds is 1. The Morgan fingerprint density at radius 2 is 2.30 bits per heavy atom. The van der Waals surface area contributed by atoms with Crippen molar-refractivity contribution in [3.63, 3.8) is 0 Å². The molecule has 1 aliphatic heterocycles. The van der Waals surface area contributed by atoms with Gasteiger partial charge in [0.05, 0.1) is 11.0 Å². The summed E-state index contributed by atoms with van der Waals surface area (Å²) in [5.74, 6) is -0.275. The fourth-order valence-corrected chi connectivity index (χ4v) is 3.65. The first-order valence-electron chi connectivity index (χ1n) is 6.71. The number of hydrogen-bond donors (Lipinski definition) is 1. The van der Waals surface area contributed by atoms with Crippen LogP contribution in [0, 0.1) is 11.7 Å². The number of hydrogen-bond acceptors (Lipinski definition) is 3. The number of thiophene rings is 1. The molecule has 3 rings (SSSR count). The largest absolute Gasteiger partial charge is 0.393 e. The van der Waals surface area contributed by atoms with Gasteiger partial charge in [0, 0.05) is 23.2 Å². The molecule has 0 spiro atoms. The number of aliphatic hydroxyl groups is 1. The molecule has 2 atom stereocenters. The zero-order valence-corrected chi connectivity index (χ0v) is 12.0. The van der Waals surface area contributed by atoms with Crippen molar-refractivity contribution >= 4 is 27.3 Å². The van der Waals surface area contributed by atoms with E-state index in [4.69, 9.17) is 0 Å². The molecule has 1 aromatic carbocycles. The molecule has 20 heavy (non-hydrogen) atoms. The third-order valence-corrected chi connectivity index (χ3v) is 4.95. The monoisotopic (exact) mass is 293 g/mol. The van der Waals surface area contributed by atoms with Crippen LogP contribution in [-0.4, -0.2) is 35.1 Å². The van der Waals surface area contributed by atoms with Crippen LogP contribution in [0.3, 0.4) is 0 Å². The van der Waals surface area contributed by atoms with Gasteiger partial charge in [0.1, 0.15) is 5.82 Å². The van der Waals surface area contributed by atoms with E-state index in [0.29, 0.717) is 29.8 Å². The summed E-state index contributed by atoms with van der Waals surface area (Å²) >= 11 is 1.32. The van der Waals surface area contributed by atoms with Crippen molar-refractivity contribution in [1.82, 2.24) is 4.90 Å². The van der Waals surface area contributed by atoms with Crippen molar-refractivity contribution in [1.29, 1.82) is 0 Å². The van der Waals surface area contributed by atoms with Gasteiger partial charge in [0.15, 0.2) is 0 Å². The second kappa shape index (κ2) is 5.14. The summed E-state index contributed by atoms with van der Waals surface area (Å²) in [6, 6.07) is 6.51. The molecule has 0 aliphatic carbocycles. The minimum absolute atomic E-state index is 0.0654. The van der Waals surface area contributed by atoms with Crippen molar-refractivity contribution in [3.05, 3.63) is 35.0 Å². The first kappa shape index (κ1) is 13.5. The van der Waals surface area contributed by atoms with E-state index in [1.807, 2.05) is 13.0 Å². The SMILES string of the molecule is CC1CN(C(=O)c2cc3c(F)cccc3s2)CCC1O. The van der Waals surface area contributed by atoms with Crippen LogP contribution < -0.4 is 0 Å². The Bertz CT molecular complexity index is 654. The van der Waals surface area contributed by atoms with E-state index < -0.39 is 0 Å². The lowest BCUT2D eigenvalue weighted by Gasteiger charge is -2.34. The van der Waals surface area contributed by atoms with Crippen LogP contribution in [0.5, 0.6) is 0 Å². The van der Waals surface area contributed by atoms with Crippen LogP contribution in [0.1, 0.15) is 23.0 Å². The predicted octanol–water partition coefficient (Wildman–Crippen LogP) is 2.88. The lowest BCUT2D eigenvalue weighted by molar-refractivity contribution is 0.0300. The maximum Gasteiger partial charge on any atom is 0.263 e. The first-order chi connectivity index (χ1) is 9.56. The molecule has 2 aromatic rings. The molecule has 1 N–H and O–H groups in total. The molecule has 1 amide bonds. The zero-order valence-electron chi connectivity index (χ0n) is 11.2. The number of carbonyl (C=O) groups excluding carboxylic acids is 1. The Morgan fingerprint density at radius 1 is 1.50 bits per heavy atom. The van der Waals surface area contributed by atoms with E-state index >= 15 is 0 Å². The first-order valence-corrected chi connectivity index (χ1v) is 7.53. The normalized spacial score (nSPS) is 23.2. The van der Waals surface area contributed by atoms with Crippen molar-refractivity contribution in [2.45, 2.75) is 19.4 Å². The van der Waals surface area contributed by atoms with Crippen LogP contribution >= 0.6 is 11.3 Å². The Morgan fingerprint density at radius 3 is 3.00 bits per heavy atom. The fraction of sp³-hybridized carbons (Fsp3) is 0.400. The van der Waals surface area contributed by atoms with Gasteiger partial charge in [-0.25, -0.2) is 4.39 Å². The van der Waals surface area contributed by atoms with Gasteiger partial charge in [-0.15, -0.1) is 11.3 Å². The van der Waals surface area contributed by atoms with E-state index in [9.17, 15) is 14.3 Å². The standard InChI is InChI=1S/C15H16FNO2S/c1-9-8-17(6-5-12(9)18)15(19)14-7-10-11(16)3-2-4-13(10)20-14/h2-4,7,9,12,18H,5-6,8H2,1H3. The van der Waals surface area contributed by atoms with Gasteiger partial charge in [-0.3, -0.25) is 4.79 Å². The third-order valence-electron chi connectivity index (χ3n) is 3.87. The molecular formula is C15H16FNO2S. The maximum absolute atomic E-state index is 13.7. The average molecular weight is 293 g/mol. The van der Waals surface area contributed by atoms with Crippen LogP contribution in [0.15, 0.2) is 24.3 Å². The van der Waals surface area contributed by atoms with Crippen LogP contribution in [0.2, 0.25) is 0 Å². The number of halogens is 1. The second-order valence-corrected chi connectivity index (χ2v) is 6.43. The number of nitrogens with zero attached hydrogens (tertiary/aromatic N) is 1. The summed E-state index contributed by atoms with van der Waals surface area (Å²) in [6.07, 6.45) is 0.269. The number of amides is 1. The highest BCUT2D eigenvalue weighted by molar-refractivity contribution is 7.20. The molecule has 1 aliphatic rings. The molecule has 3 nitrogen and oxygen atoms in total. The molecule has 0 radical (unpaired) electrons. The highest BCUT2D eigenvalue weighted by atomic mass is 32.1. The smallest absolute Gasteiger partial charge is 0.263 e. The molecule has 2 heterocycles. The average Bonchev–Trinajstić information content (AvgIpc) is 2.86. The zero-order chi connectivity index (χ0) is 14.3. The van der Waals surface area contributed by atoms with Crippen molar-refractivity contribution in [3.8, 4) is 0 Å². The molecule has 1 fully saturated rings. The van der Waals surface area contributed by atoms with Crippen LogP contribution in [0.25, 0.3) is 10.1 Å². The Kier molecular flexibility index (Phi) is 3.48. The van der Waals surface area contributed by atoms with E-state index in [0.717, 1.165) is 4.70 Å². The van der Waals surface area contributed by atoms with Gasteiger partial charge < -0.3 is 10.0 Å². The van der Waals surface area contributed by atoms with Gasteiger partial charge in [-0.1, -0.05) is 13.0 Å². The van der Waals surface area contributed by atoms with E-state index in [1.165, 1.54) is 17.4 Å². The van der Waals surface area contributed by atoms with Crippen molar-refractivity contribution in [2.75, 3.05) is 13.1 Å². The van der Waals surface area contributed by atoms with Gasteiger partial charge in [-0.05, 0) is 30.5 Å². The molecule has 1 saturated heterocycles. The number of likely N-dealkylation sites (tertiary alicyclic amines) is 1. The van der Waals surface area contributed by atoms with Gasteiger partial charge in [0.2, 0.25) is 0 Å². The van der Waals surface area contributed by atoms with Gasteiger partial charge >= 0.3 is 0 Å². The summed E-state index contributed by atoms with van der Waals surface area (Å²) in [5, 5.41) is 10.2. The molecule has 0 saturated carbocycles. The molecule has 0 bridgehead atoms. The van der Waals surface area contributed by atoms with E-state index in [2.05, 4.69) is 0 Å². The molecule has 2 unspecified atom stereocenters. The summed E-state index contributed by atoms with van der Waals surface area (Å²) in [6.45, 7) is 3.05. The molecule has 1 aromatic heterocycles. The highest BCUT2D eigenvalue weighted by Gasteiger charge is 2.28.